The highest BCUT2D eigenvalue weighted by Crippen LogP contribution is 2.46. The van der Waals surface area contributed by atoms with Crippen LogP contribution in [0.1, 0.15) is 32.3 Å². The van der Waals surface area contributed by atoms with Gasteiger partial charge in [-0.3, -0.25) is 9.59 Å². The lowest BCUT2D eigenvalue weighted by Gasteiger charge is -2.23. The molecule has 1 aliphatic rings. The van der Waals surface area contributed by atoms with Crippen molar-refractivity contribution in [2.75, 3.05) is 25.2 Å². The van der Waals surface area contributed by atoms with E-state index in [0.29, 0.717) is 13.0 Å². The van der Waals surface area contributed by atoms with Crippen molar-refractivity contribution < 1.29 is 19.1 Å². The summed E-state index contributed by atoms with van der Waals surface area (Å²) in [6.07, 6.45) is 2.34. The third kappa shape index (κ3) is 4.86. The number of carbonyl (C=O) groups is 2. The van der Waals surface area contributed by atoms with Gasteiger partial charge >= 0.3 is 5.97 Å². The van der Waals surface area contributed by atoms with Gasteiger partial charge in [0.25, 0.3) is 0 Å². The van der Waals surface area contributed by atoms with Crippen LogP contribution in [0.25, 0.3) is 0 Å². The first-order valence-electron chi connectivity index (χ1n) is 9.81. The normalized spacial score (nSPS) is 15.8. The summed E-state index contributed by atoms with van der Waals surface area (Å²) in [7, 11) is 1.95. The molecule has 0 aliphatic carbocycles. The van der Waals surface area contributed by atoms with Crippen LogP contribution < -0.4 is 9.64 Å². The van der Waals surface area contributed by atoms with E-state index in [-0.39, 0.29) is 24.2 Å². The Morgan fingerprint density at radius 2 is 1.72 bits per heavy atom. The molecule has 1 aliphatic heterocycles. The van der Waals surface area contributed by atoms with Gasteiger partial charge in [-0.15, -0.1) is 0 Å². The topological polar surface area (TPSA) is 55.8 Å². The number of esters is 1. The van der Waals surface area contributed by atoms with Crippen LogP contribution in [0.3, 0.4) is 0 Å². The molecule has 2 aromatic rings. The number of carbonyl (C=O) groups excluding carboxylic acids is 2. The quantitative estimate of drug-likeness (QED) is 0.381. The lowest BCUT2D eigenvalue weighted by molar-refractivity contribution is -0.147. The Kier molecular flexibility index (Phi) is 6.37. The smallest absolute Gasteiger partial charge is 0.306 e. The molecule has 3 rings (SSSR count). The van der Waals surface area contributed by atoms with Gasteiger partial charge in [0.05, 0.1) is 6.61 Å². The second kappa shape index (κ2) is 8.95. The van der Waals surface area contributed by atoms with Crippen LogP contribution in [0.15, 0.2) is 66.4 Å². The van der Waals surface area contributed by atoms with E-state index in [4.69, 9.17) is 9.47 Å². The number of hydrogen-bond donors (Lipinski definition) is 0. The first-order valence-corrected chi connectivity index (χ1v) is 9.81. The molecule has 1 heterocycles. The molecule has 0 spiro atoms. The zero-order valence-corrected chi connectivity index (χ0v) is 17.2. The number of allylic oxidation sites excluding steroid dienone is 1. The predicted octanol–water partition coefficient (Wildman–Crippen LogP) is 4.27. The average Bonchev–Trinajstić information content (AvgIpc) is 2.91. The molecule has 0 unspecified atom stereocenters. The molecule has 29 heavy (non-hydrogen) atoms. The zero-order chi connectivity index (χ0) is 20.9. The standard InChI is InChI=1S/C24H27NO4/c1-24(2)20-12-7-8-13-21(20)25(3)22(24)16-18(26)17-29-23(27)14-9-15-28-19-10-5-4-6-11-19/h4-8,10-13,16H,9,14-15,17H2,1-3H3. The molecule has 5 heteroatoms. The van der Waals surface area contributed by atoms with Crippen molar-refractivity contribution in [3.05, 3.63) is 71.9 Å². The number of ketones is 1. The van der Waals surface area contributed by atoms with E-state index in [0.717, 1.165) is 17.1 Å². The van der Waals surface area contributed by atoms with Gasteiger partial charge in [-0.05, 0) is 30.2 Å². The third-order valence-corrected chi connectivity index (χ3v) is 5.15. The zero-order valence-electron chi connectivity index (χ0n) is 17.2. The molecule has 0 radical (unpaired) electrons. The van der Waals surface area contributed by atoms with Gasteiger partial charge in [0.15, 0.2) is 12.4 Å². The van der Waals surface area contributed by atoms with Gasteiger partial charge < -0.3 is 14.4 Å². The summed E-state index contributed by atoms with van der Waals surface area (Å²) in [6, 6.07) is 17.5. The number of benzene rings is 2. The van der Waals surface area contributed by atoms with E-state index >= 15 is 0 Å². The molecule has 2 aromatic carbocycles. The lowest BCUT2D eigenvalue weighted by Crippen LogP contribution is -2.25. The largest absolute Gasteiger partial charge is 0.494 e. The maximum absolute atomic E-state index is 12.4. The van der Waals surface area contributed by atoms with E-state index < -0.39 is 5.97 Å². The number of ether oxygens (including phenoxy) is 2. The maximum atomic E-state index is 12.4. The first-order chi connectivity index (χ1) is 13.9. The minimum Gasteiger partial charge on any atom is -0.494 e. The molecular weight excluding hydrogens is 366 g/mol. The molecule has 0 saturated carbocycles. The fourth-order valence-corrected chi connectivity index (χ4v) is 3.60. The molecule has 0 atom stereocenters. The van der Waals surface area contributed by atoms with Crippen LogP contribution in [0, 0.1) is 0 Å². The average molecular weight is 393 g/mol. The SMILES string of the molecule is CN1C(=CC(=O)COC(=O)CCCOc2ccccc2)C(C)(C)c2ccccc21. The van der Waals surface area contributed by atoms with Crippen molar-refractivity contribution in [1.82, 2.24) is 0 Å². The molecule has 152 valence electrons. The Morgan fingerprint density at radius 3 is 2.45 bits per heavy atom. The molecule has 0 bridgehead atoms. The van der Waals surface area contributed by atoms with Crippen LogP contribution in [-0.4, -0.2) is 32.0 Å². The van der Waals surface area contributed by atoms with Gasteiger partial charge in [0.2, 0.25) is 0 Å². The van der Waals surface area contributed by atoms with Crippen LogP contribution in [0.2, 0.25) is 0 Å². The molecular formula is C24H27NO4. The summed E-state index contributed by atoms with van der Waals surface area (Å²) in [5, 5.41) is 0. The molecule has 0 saturated heterocycles. The maximum Gasteiger partial charge on any atom is 0.306 e. The van der Waals surface area contributed by atoms with Gasteiger partial charge in [-0.25, -0.2) is 0 Å². The van der Waals surface area contributed by atoms with Gasteiger partial charge in [-0.2, -0.15) is 0 Å². The summed E-state index contributed by atoms with van der Waals surface area (Å²) in [6.45, 7) is 4.36. The third-order valence-electron chi connectivity index (χ3n) is 5.15. The molecule has 5 nitrogen and oxygen atoms in total. The van der Waals surface area contributed by atoms with E-state index in [1.807, 2.05) is 60.5 Å². The summed E-state index contributed by atoms with van der Waals surface area (Å²) in [5.74, 6) is 0.157. The van der Waals surface area contributed by atoms with Crippen molar-refractivity contribution >= 4 is 17.4 Å². The predicted molar refractivity (Wildman–Crippen MR) is 113 cm³/mol. The van der Waals surface area contributed by atoms with Crippen LogP contribution in [0.5, 0.6) is 5.75 Å². The van der Waals surface area contributed by atoms with Gasteiger partial charge in [-0.1, -0.05) is 50.2 Å². The Labute approximate surface area is 171 Å². The fourth-order valence-electron chi connectivity index (χ4n) is 3.60. The molecule has 0 fully saturated rings. The summed E-state index contributed by atoms with van der Waals surface area (Å²) in [5.41, 5.74) is 2.89. The number of fused-ring (bicyclic) bond motifs is 1. The summed E-state index contributed by atoms with van der Waals surface area (Å²) in [4.78, 5) is 26.3. The monoisotopic (exact) mass is 393 g/mol. The van der Waals surface area contributed by atoms with Crippen LogP contribution in [0.4, 0.5) is 5.69 Å². The highest BCUT2D eigenvalue weighted by atomic mass is 16.5. The number of anilines is 1. The van der Waals surface area contributed by atoms with Crippen molar-refractivity contribution in [3.63, 3.8) is 0 Å². The highest BCUT2D eigenvalue weighted by molar-refractivity contribution is 5.94. The molecule has 0 amide bonds. The lowest BCUT2D eigenvalue weighted by atomic mass is 9.83. The Bertz CT molecular complexity index is 902. The van der Waals surface area contributed by atoms with Gasteiger partial charge in [0, 0.05) is 36.3 Å². The Balaban J connectivity index is 1.46. The van der Waals surface area contributed by atoms with E-state index in [1.54, 1.807) is 6.08 Å². The minimum atomic E-state index is -0.393. The molecule has 0 N–H and O–H groups in total. The highest BCUT2D eigenvalue weighted by Gasteiger charge is 2.38. The van der Waals surface area contributed by atoms with Crippen LogP contribution in [-0.2, 0) is 19.7 Å². The first kappa shape index (κ1) is 20.6. The van der Waals surface area contributed by atoms with Crippen molar-refractivity contribution in [2.45, 2.75) is 32.1 Å². The minimum absolute atomic E-state index is 0.216. The van der Waals surface area contributed by atoms with Gasteiger partial charge in [0.1, 0.15) is 5.75 Å². The summed E-state index contributed by atoms with van der Waals surface area (Å²) < 4.78 is 10.7. The van der Waals surface area contributed by atoms with Crippen molar-refractivity contribution in [2.24, 2.45) is 0 Å². The van der Waals surface area contributed by atoms with E-state index in [9.17, 15) is 9.59 Å². The number of rotatable bonds is 8. The van der Waals surface area contributed by atoms with E-state index in [2.05, 4.69) is 19.9 Å². The van der Waals surface area contributed by atoms with Crippen molar-refractivity contribution in [3.8, 4) is 5.75 Å². The summed E-state index contributed by atoms with van der Waals surface area (Å²) >= 11 is 0. The van der Waals surface area contributed by atoms with E-state index in [1.165, 1.54) is 5.56 Å². The van der Waals surface area contributed by atoms with Crippen LogP contribution >= 0.6 is 0 Å². The number of para-hydroxylation sites is 2. The second-order valence-electron chi connectivity index (χ2n) is 7.62. The van der Waals surface area contributed by atoms with Crippen molar-refractivity contribution in [1.29, 1.82) is 0 Å². The Morgan fingerprint density at radius 1 is 1.03 bits per heavy atom. The Hall–Kier alpha value is -3.08. The number of nitrogens with zero attached hydrogens (tertiary/aromatic N) is 1. The number of likely N-dealkylation sites (N-methyl/N-ethyl adjacent to an activating group) is 1. The second-order valence-corrected chi connectivity index (χ2v) is 7.62. The molecule has 0 aromatic heterocycles. The number of hydrogen-bond acceptors (Lipinski definition) is 5. The fraction of sp³-hybridized carbons (Fsp3) is 0.333.